The lowest BCUT2D eigenvalue weighted by atomic mass is 9.87. The third kappa shape index (κ3) is 5.33. The molecule has 1 aromatic carbocycles. The maximum absolute atomic E-state index is 8.91. The van der Waals surface area contributed by atoms with Crippen LogP contribution in [0.5, 0.6) is 0 Å². The van der Waals surface area contributed by atoms with Crippen molar-refractivity contribution in [3.63, 3.8) is 0 Å². The predicted molar refractivity (Wildman–Crippen MR) is 82.5 cm³/mol. The lowest BCUT2D eigenvalue weighted by Crippen LogP contribution is -2.29. The molecule has 0 unspecified atom stereocenters. The van der Waals surface area contributed by atoms with Gasteiger partial charge in [-0.2, -0.15) is 0 Å². The van der Waals surface area contributed by atoms with E-state index >= 15 is 0 Å². The largest absolute Gasteiger partial charge is 0.396 e. The topological polar surface area (TPSA) is 32.3 Å². The van der Waals surface area contributed by atoms with E-state index in [2.05, 4.69) is 52.1 Å². The molecule has 0 fully saturated rings. The summed E-state index contributed by atoms with van der Waals surface area (Å²) in [5, 5.41) is 12.5. The van der Waals surface area contributed by atoms with Crippen LogP contribution in [-0.4, -0.2) is 18.3 Å². The Kier molecular flexibility index (Phi) is 6.02. The third-order valence-electron chi connectivity index (χ3n) is 3.76. The monoisotopic (exact) mass is 263 g/mol. The van der Waals surface area contributed by atoms with Crippen LogP contribution in [0.15, 0.2) is 12.1 Å². The van der Waals surface area contributed by atoms with Gasteiger partial charge in [0.05, 0.1) is 0 Å². The van der Waals surface area contributed by atoms with Crippen LogP contribution in [0.1, 0.15) is 48.9 Å². The average molecular weight is 263 g/mol. The predicted octanol–water partition coefficient (Wildman–Crippen LogP) is 3.50. The number of hydrogen-bond acceptors (Lipinski definition) is 2. The van der Waals surface area contributed by atoms with Gasteiger partial charge in [0.25, 0.3) is 0 Å². The highest BCUT2D eigenvalue weighted by atomic mass is 16.2. The zero-order valence-corrected chi connectivity index (χ0v) is 13.1. The first kappa shape index (κ1) is 16.2. The van der Waals surface area contributed by atoms with Crippen LogP contribution < -0.4 is 5.32 Å². The van der Waals surface area contributed by atoms with Crippen molar-refractivity contribution in [3.8, 4) is 0 Å². The van der Waals surface area contributed by atoms with E-state index in [1.54, 1.807) is 0 Å². The molecular weight excluding hydrogens is 234 g/mol. The first-order valence-corrected chi connectivity index (χ1v) is 7.24. The molecule has 0 spiro atoms. The number of aliphatic hydroxyl groups excluding tert-OH is 1. The fourth-order valence-corrected chi connectivity index (χ4v) is 2.66. The summed E-state index contributed by atoms with van der Waals surface area (Å²) < 4.78 is 0. The Morgan fingerprint density at radius 2 is 1.68 bits per heavy atom. The van der Waals surface area contributed by atoms with Gasteiger partial charge in [-0.3, -0.25) is 0 Å². The van der Waals surface area contributed by atoms with Crippen molar-refractivity contribution in [1.29, 1.82) is 0 Å². The molecule has 0 saturated heterocycles. The van der Waals surface area contributed by atoms with Crippen LogP contribution >= 0.6 is 0 Å². The van der Waals surface area contributed by atoms with Crippen molar-refractivity contribution >= 4 is 0 Å². The highest BCUT2D eigenvalue weighted by Crippen LogP contribution is 2.22. The molecule has 0 bridgehead atoms. The number of aryl methyl sites for hydroxylation is 3. The molecule has 108 valence electrons. The van der Waals surface area contributed by atoms with Gasteiger partial charge in [0.2, 0.25) is 0 Å². The summed E-state index contributed by atoms with van der Waals surface area (Å²) in [6, 6.07) is 4.50. The first-order chi connectivity index (χ1) is 8.85. The summed E-state index contributed by atoms with van der Waals surface area (Å²) in [4.78, 5) is 0. The smallest absolute Gasteiger partial charge is 0.0431 e. The molecule has 1 rings (SSSR count). The lowest BCUT2D eigenvalue weighted by molar-refractivity contribution is 0.236. The number of nitrogens with one attached hydrogen (secondary N) is 1. The standard InChI is InChI=1S/C17H29NO/c1-13-9-14(2)16(15(3)10-13)11-18-12-17(4,5)7-6-8-19/h9-10,18-19H,6-8,11-12H2,1-5H3. The SMILES string of the molecule is Cc1cc(C)c(CNCC(C)(C)CCCO)c(C)c1. The molecule has 0 radical (unpaired) electrons. The number of benzene rings is 1. The minimum atomic E-state index is 0.245. The Labute approximate surface area is 118 Å². The summed E-state index contributed by atoms with van der Waals surface area (Å²) in [6.07, 6.45) is 1.94. The molecule has 2 nitrogen and oxygen atoms in total. The summed E-state index contributed by atoms with van der Waals surface area (Å²) in [5.74, 6) is 0. The molecule has 0 amide bonds. The van der Waals surface area contributed by atoms with Crippen molar-refractivity contribution in [3.05, 3.63) is 34.4 Å². The Morgan fingerprint density at radius 3 is 2.21 bits per heavy atom. The molecular formula is C17H29NO. The molecule has 0 aliphatic carbocycles. The van der Waals surface area contributed by atoms with Crippen molar-refractivity contribution in [1.82, 2.24) is 5.32 Å². The second kappa shape index (κ2) is 7.06. The van der Waals surface area contributed by atoms with Gasteiger partial charge < -0.3 is 10.4 Å². The van der Waals surface area contributed by atoms with Crippen molar-refractivity contribution in [2.45, 2.75) is 54.0 Å². The Balaban J connectivity index is 2.54. The van der Waals surface area contributed by atoms with E-state index in [1.807, 2.05) is 0 Å². The Bertz CT molecular complexity index is 387. The van der Waals surface area contributed by atoms with E-state index in [0.29, 0.717) is 6.61 Å². The number of aliphatic hydroxyl groups is 1. The van der Waals surface area contributed by atoms with Crippen LogP contribution in [0.4, 0.5) is 0 Å². The quantitative estimate of drug-likeness (QED) is 0.789. The van der Waals surface area contributed by atoms with Crippen molar-refractivity contribution in [2.75, 3.05) is 13.2 Å². The Morgan fingerprint density at radius 1 is 1.11 bits per heavy atom. The minimum Gasteiger partial charge on any atom is -0.396 e. The van der Waals surface area contributed by atoms with Gasteiger partial charge in [-0.05, 0) is 55.7 Å². The van der Waals surface area contributed by atoms with E-state index in [9.17, 15) is 0 Å². The van der Waals surface area contributed by atoms with Crippen LogP contribution in [0, 0.1) is 26.2 Å². The van der Waals surface area contributed by atoms with Gasteiger partial charge in [-0.25, -0.2) is 0 Å². The summed E-state index contributed by atoms with van der Waals surface area (Å²) in [5.41, 5.74) is 5.75. The summed E-state index contributed by atoms with van der Waals surface area (Å²) in [7, 11) is 0. The fraction of sp³-hybridized carbons (Fsp3) is 0.647. The zero-order chi connectivity index (χ0) is 14.5. The fourth-order valence-electron chi connectivity index (χ4n) is 2.66. The maximum atomic E-state index is 8.91. The molecule has 0 aliphatic rings. The van der Waals surface area contributed by atoms with Gasteiger partial charge >= 0.3 is 0 Å². The normalized spacial score (nSPS) is 11.9. The molecule has 0 aliphatic heterocycles. The maximum Gasteiger partial charge on any atom is 0.0431 e. The second-order valence-electron chi connectivity index (χ2n) is 6.47. The first-order valence-electron chi connectivity index (χ1n) is 7.24. The van der Waals surface area contributed by atoms with E-state index < -0.39 is 0 Å². The Hall–Kier alpha value is -0.860. The summed E-state index contributed by atoms with van der Waals surface area (Å²) in [6.45, 7) is 13.2. The number of rotatable bonds is 7. The molecule has 0 atom stereocenters. The highest BCUT2D eigenvalue weighted by Gasteiger charge is 2.16. The van der Waals surface area contributed by atoms with Crippen molar-refractivity contribution < 1.29 is 5.11 Å². The summed E-state index contributed by atoms with van der Waals surface area (Å²) >= 11 is 0. The second-order valence-corrected chi connectivity index (χ2v) is 6.47. The molecule has 1 aromatic rings. The third-order valence-corrected chi connectivity index (χ3v) is 3.76. The van der Waals surface area contributed by atoms with Gasteiger partial charge in [0.15, 0.2) is 0 Å². The number of hydrogen-bond donors (Lipinski definition) is 2. The van der Waals surface area contributed by atoms with E-state index in [-0.39, 0.29) is 5.41 Å². The molecule has 0 saturated carbocycles. The molecule has 0 heterocycles. The van der Waals surface area contributed by atoms with Crippen molar-refractivity contribution in [2.24, 2.45) is 5.41 Å². The van der Waals surface area contributed by atoms with Gasteiger partial charge in [-0.1, -0.05) is 31.5 Å². The van der Waals surface area contributed by atoms with Crippen LogP contribution in [-0.2, 0) is 6.54 Å². The van der Waals surface area contributed by atoms with E-state index in [0.717, 1.165) is 25.9 Å². The molecule has 2 heteroatoms. The van der Waals surface area contributed by atoms with Gasteiger partial charge in [0.1, 0.15) is 0 Å². The van der Waals surface area contributed by atoms with Crippen LogP contribution in [0.2, 0.25) is 0 Å². The van der Waals surface area contributed by atoms with Gasteiger partial charge in [-0.15, -0.1) is 0 Å². The minimum absolute atomic E-state index is 0.245. The highest BCUT2D eigenvalue weighted by molar-refractivity contribution is 5.37. The van der Waals surface area contributed by atoms with E-state index in [4.69, 9.17) is 5.11 Å². The van der Waals surface area contributed by atoms with Gasteiger partial charge in [0, 0.05) is 19.7 Å². The zero-order valence-electron chi connectivity index (χ0n) is 13.1. The molecule has 0 aromatic heterocycles. The lowest BCUT2D eigenvalue weighted by Gasteiger charge is -2.25. The average Bonchev–Trinajstić information content (AvgIpc) is 2.30. The molecule has 19 heavy (non-hydrogen) atoms. The van der Waals surface area contributed by atoms with Crippen LogP contribution in [0.3, 0.4) is 0 Å². The van der Waals surface area contributed by atoms with E-state index in [1.165, 1.54) is 22.3 Å². The van der Waals surface area contributed by atoms with Crippen LogP contribution in [0.25, 0.3) is 0 Å². The molecule has 2 N–H and O–H groups in total.